The summed E-state index contributed by atoms with van der Waals surface area (Å²) in [6.45, 7) is 2.00. The summed E-state index contributed by atoms with van der Waals surface area (Å²) in [7, 11) is 1.33. The lowest BCUT2D eigenvalue weighted by molar-refractivity contribution is -0.142. The number of esters is 1. The summed E-state index contributed by atoms with van der Waals surface area (Å²) in [4.78, 5) is 19.9. The lowest BCUT2D eigenvalue weighted by Crippen LogP contribution is -2.33. The summed E-state index contributed by atoms with van der Waals surface area (Å²) in [5, 5.41) is 0. The van der Waals surface area contributed by atoms with Gasteiger partial charge in [0.2, 0.25) is 0 Å². The SMILES string of the molecule is COC(=O)[C@@H](N)Cc1ccnc(-c2cc(C)ccn2)c1. The Kier molecular flexibility index (Phi) is 4.42. The second kappa shape index (κ2) is 6.25. The van der Waals surface area contributed by atoms with E-state index in [1.54, 1.807) is 12.4 Å². The van der Waals surface area contributed by atoms with Gasteiger partial charge in [0.15, 0.2) is 0 Å². The number of nitrogens with zero attached hydrogens (tertiary/aromatic N) is 2. The summed E-state index contributed by atoms with van der Waals surface area (Å²) < 4.78 is 4.62. The van der Waals surface area contributed by atoms with Crippen molar-refractivity contribution in [2.75, 3.05) is 7.11 Å². The summed E-state index contributed by atoms with van der Waals surface area (Å²) in [5.74, 6) is -0.419. The van der Waals surface area contributed by atoms with Crippen molar-refractivity contribution in [1.29, 1.82) is 0 Å². The average Bonchev–Trinajstić information content (AvgIpc) is 2.46. The highest BCUT2D eigenvalue weighted by Crippen LogP contribution is 2.17. The third kappa shape index (κ3) is 3.39. The quantitative estimate of drug-likeness (QED) is 0.852. The Bertz CT molecular complexity index is 614. The van der Waals surface area contributed by atoms with E-state index in [0.29, 0.717) is 6.42 Å². The molecule has 0 aliphatic carbocycles. The van der Waals surface area contributed by atoms with Crippen LogP contribution >= 0.6 is 0 Å². The molecule has 0 saturated heterocycles. The molecule has 5 nitrogen and oxygen atoms in total. The van der Waals surface area contributed by atoms with Gasteiger partial charge >= 0.3 is 5.97 Å². The minimum absolute atomic E-state index is 0.411. The zero-order valence-electron chi connectivity index (χ0n) is 11.5. The van der Waals surface area contributed by atoms with Crippen LogP contribution in [0.15, 0.2) is 36.7 Å². The van der Waals surface area contributed by atoms with Crippen LogP contribution in [0, 0.1) is 6.92 Å². The number of carbonyl (C=O) groups is 1. The van der Waals surface area contributed by atoms with E-state index in [-0.39, 0.29) is 0 Å². The van der Waals surface area contributed by atoms with E-state index < -0.39 is 12.0 Å². The van der Waals surface area contributed by atoms with Gasteiger partial charge in [-0.05, 0) is 48.7 Å². The van der Waals surface area contributed by atoms with Crippen molar-refractivity contribution < 1.29 is 9.53 Å². The van der Waals surface area contributed by atoms with E-state index in [0.717, 1.165) is 22.5 Å². The largest absolute Gasteiger partial charge is 0.468 e. The number of carbonyl (C=O) groups excluding carboxylic acids is 1. The van der Waals surface area contributed by atoms with Gasteiger partial charge < -0.3 is 10.5 Å². The Hall–Kier alpha value is -2.27. The van der Waals surface area contributed by atoms with Crippen LogP contribution in [0.2, 0.25) is 0 Å². The molecular weight excluding hydrogens is 254 g/mol. The lowest BCUT2D eigenvalue weighted by atomic mass is 10.1. The average molecular weight is 271 g/mol. The summed E-state index contributed by atoms with van der Waals surface area (Å²) in [5.41, 5.74) is 9.38. The predicted octanol–water partition coefficient (Wildman–Crippen LogP) is 1.49. The van der Waals surface area contributed by atoms with Crippen molar-refractivity contribution in [3.63, 3.8) is 0 Å². The first kappa shape index (κ1) is 14.1. The Balaban J connectivity index is 2.22. The van der Waals surface area contributed by atoms with E-state index >= 15 is 0 Å². The third-order valence-electron chi connectivity index (χ3n) is 2.96. The van der Waals surface area contributed by atoms with E-state index in [9.17, 15) is 4.79 Å². The highest BCUT2D eigenvalue weighted by molar-refractivity contribution is 5.75. The molecule has 0 aliphatic heterocycles. The summed E-state index contributed by atoms with van der Waals surface area (Å²) >= 11 is 0. The minimum atomic E-state index is -0.666. The van der Waals surface area contributed by atoms with Gasteiger partial charge in [-0.25, -0.2) is 0 Å². The highest BCUT2D eigenvalue weighted by atomic mass is 16.5. The standard InChI is InChI=1S/C15H17N3O2/c1-10-3-5-17-13(7-10)14-9-11(4-6-18-14)8-12(16)15(19)20-2/h3-7,9,12H,8,16H2,1-2H3/t12-/m0/s1. The second-order valence-electron chi connectivity index (χ2n) is 4.60. The molecule has 2 aromatic heterocycles. The fourth-order valence-electron chi connectivity index (χ4n) is 1.91. The fourth-order valence-corrected chi connectivity index (χ4v) is 1.91. The van der Waals surface area contributed by atoms with Crippen LogP contribution in [-0.2, 0) is 16.0 Å². The molecule has 0 fully saturated rings. The van der Waals surface area contributed by atoms with Crippen molar-refractivity contribution in [2.45, 2.75) is 19.4 Å². The van der Waals surface area contributed by atoms with Crippen LogP contribution in [0.5, 0.6) is 0 Å². The molecule has 5 heteroatoms. The van der Waals surface area contributed by atoms with Gasteiger partial charge in [-0.2, -0.15) is 0 Å². The van der Waals surface area contributed by atoms with Gasteiger partial charge in [0.05, 0.1) is 18.5 Å². The third-order valence-corrected chi connectivity index (χ3v) is 2.96. The normalized spacial score (nSPS) is 11.9. The molecular formula is C15H17N3O2. The topological polar surface area (TPSA) is 78.1 Å². The molecule has 0 spiro atoms. The van der Waals surface area contributed by atoms with Gasteiger partial charge in [-0.1, -0.05) is 0 Å². The maximum absolute atomic E-state index is 11.3. The Morgan fingerprint density at radius 2 is 1.90 bits per heavy atom. The Labute approximate surface area is 117 Å². The molecule has 0 unspecified atom stereocenters. The molecule has 2 aromatic rings. The van der Waals surface area contributed by atoms with Crippen molar-refractivity contribution in [3.05, 3.63) is 47.8 Å². The number of aromatic nitrogens is 2. The summed E-state index contributed by atoms with van der Waals surface area (Å²) in [6, 6.07) is 6.96. The number of hydrogen-bond acceptors (Lipinski definition) is 5. The molecule has 0 radical (unpaired) electrons. The van der Waals surface area contributed by atoms with Crippen LogP contribution < -0.4 is 5.73 Å². The van der Waals surface area contributed by atoms with E-state index in [1.165, 1.54) is 7.11 Å². The first-order valence-electron chi connectivity index (χ1n) is 6.31. The molecule has 0 saturated carbocycles. The van der Waals surface area contributed by atoms with E-state index in [2.05, 4.69) is 14.7 Å². The van der Waals surface area contributed by atoms with Gasteiger partial charge in [-0.3, -0.25) is 14.8 Å². The number of nitrogens with two attached hydrogens (primary N) is 1. The molecule has 104 valence electrons. The van der Waals surface area contributed by atoms with Crippen molar-refractivity contribution in [2.24, 2.45) is 5.73 Å². The summed E-state index contributed by atoms with van der Waals surface area (Å²) in [6.07, 6.45) is 3.85. The smallest absolute Gasteiger partial charge is 0.322 e. The molecule has 0 bridgehead atoms. The van der Waals surface area contributed by atoms with Crippen LogP contribution in [0.25, 0.3) is 11.4 Å². The van der Waals surface area contributed by atoms with Crippen LogP contribution in [-0.4, -0.2) is 29.1 Å². The number of ether oxygens (including phenoxy) is 1. The van der Waals surface area contributed by atoms with Crippen LogP contribution in [0.4, 0.5) is 0 Å². The Morgan fingerprint density at radius 1 is 1.25 bits per heavy atom. The maximum Gasteiger partial charge on any atom is 0.322 e. The monoisotopic (exact) mass is 271 g/mol. The Morgan fingerprint density at radius 3 is 2.55 bits per heavy atom. The van der Waals surface area contributed by atoms with Gasteiger partial charge in [0.25, 0.3) is 0 Å². The lowest BCUT2D eigenvalue weighted by Gasteiger charge is -2.10. The minimum Gasteiger partial charge on any atom is -0.468 e. The maximum atomic E-state index is 11.3. The zero-order chi connectivity index (χ0) is 14.5. The van der Waals surface area contributed by atoms with Gasteiger partial charge in [-0.15, -0.1) is 0 Å². The zero-order valence-corrected chi connectivity index (χ0v) is 11.5. The van der Waals surface area contributed by atoms with Crippen LogP contribution in [0.1, 0.15) is 11.1 Å². The molecule has 2 rings (SSSR count). The fraction of sp³-hybridized carbons (Fsp3) is 0.267. The van der Waals surface area contributed by atoms with Crippen LogP contribution in [0.3, 0.4) is 0 Å². The molecule has 2 N–H and O–H groups in total. The number of methoxy groups -OCH3 is 1. The van der Waals surface area contributed by atoms with Crippen molar-refractivity contribution >= 4 is 5.97 Å². The van der Waals surface area contributed by atoms with E-state index in [1.807, 2.05) is 31.2 Å². The number of hydrogen-bond donors (Lipinski definition) is 1. The number of rotatable bonds is 4. The van der Waals surface area contributed by atoms with Gasteiger partial charge in [0, 0.05) is 12.4 Å². The molecule has 0 amide bonds. The van der Waals surface area contributed by atoms with Gasteiger partial charge in [0.1, 0.15) is 6.04 Å². The first-order valence-corrected chi connectivity index (χ1v) is 6.31. The molecule has 20 heavy (non-hydrogen) atoms. The van der Waals surface area contributed by atoms with Crippen molar-refractivity contribution in [3.8, 4) is 11.4 Å². The molecule has 1 atom stereocenters. The molecule has 0 aromatic carbocycles. The number of pyridine rings is 2. The molecule has 0 aliphatic rings. The van der Waals surface area contributed by atoms with Crippen molar-refractivity contribution in [1.82, 2.24) is 9.97 Å². The highest BCUT2D eigenvalue weighted by Gasteiger charge is 2.14. The number of aryl methyl sites for hydroxylation is 1. The second-order valence-corrected chi connectivity index (χ2v) is 4.60. The predicted molar refractivity (Wildman–Crippen MR) is 75.9 cm³/mol. The molecule has 2 heterocycles. The van der Waals surface area contributed by atoms with E-state index in [4.69, 9.17) is 5.73 Å². The first-order chi connectivity index (χ1) is 9.60.